The number of fused-ring (bicyclic) bond motifs is 10. The quantitative estimate of drug-likeness (QED) is 0.118. The molecular weight excluding hydrogens is 1150 g/mol. The van der Waals surface area contributed by atoms with Gasteiger partial charge >= 0.3 is 0 Å². The molecule has 13 aromatic carbocycles. The summed E-state index contributed by atoms with van der Waals surface area (Å²) in [5.74, 6) is 1.88. The molecule has 6 heteroatoms. The van der Waals surface area contributed by atoms with E-state index < -0.39 is 0 Å². The Morgan fingerprint density at radius 2 is 0.568 bits per heavy atom. The standard InChI is InChI=1S/C89H78BN5/c1-86(2,3)66-43-63(44-67(51-66)87(4,5)6)83-91-84(64-45-68(88(7,8)9)52-69(46-64)89(10,11)12)93-85(92-83)65-49-80-82-81(50-65)95(71-41-37-58(38-42-71)56-25-17-14-18-26-56)79-48-62-34-32-60-28-20-22-30-73(60)75(62)54-77(79)90(82)76-53-74-61(33-31-59-27-19-21-29-72(59)74)47-78(76)94(80)70-39-35-57(36-40-70)55-23-15-13-16-24-55/h13-54H,1-12H3. The molecule has 0 bridgehead atoms. The van der Waals surface area contributed by atoms with Gasteiger partial charge in [0.15, 0.2) is 17.5 Å². The molecule has 16 rings (SSSR count). The van der Waals surface area contributed by atoms with Gasteiger partial charge in [0.05, 0.1) is 0 Å². The Hall–Kier alpha value is -10.4. The van der Waals surface area contributed by atoms with E-state index >= 15 is 0 Å². The molecule has 0 amide bonds. The van der Waals surface area contributed by atoms with E-state index in [2.05, 4.69) is 348 Å². The third-order valence-corrected chi connectivity index (χ3v) is 20.0. The molecule has 0 fully saturated rings. The molecule has 0 unspecified atom stereocenters. The lowest BCUT2D eigenvalue weighted by Crippen LogP contribution is -2.61. The zero-order valence-corrected chi connectivity index (χ0v) is 56.6. The minimum atomic E-state index is -0.207. The highest BCUT2D eigenvalue weighted by Gasteiger charge is 2.45. The van der Waals surface area contributed by atoms with Gasteiger partial charge in [0.25, 0.3) is 6.71 Å². The van der Waals surface area contributed by atoms with Gasteiger partial charge in [-0.1, -0.05) is 265 Å². The molecule has 2 aliphatic heterocycles. The van der Waals surface area contributed by atoms with Crippen molar-refractivity contribution in [1.29, 1.82) is 0 Å². The minimum Gasteiger partial charge on any atom is -0.311 e. The number of hydrogen-bond donors (Lipinski definition) is 0. The summed E-state index contributed by atoms with van der Waals surface area (Å²) in [7, 11) is 0. The number of anilines is 6. The lowest BCUT2D eigenvalue weighted by atomic mass is 9.33. The van der Waals surface area contributed by atoms with E-state index in [9.17, 15) is 0 Å². The summed E-state index contributed by atoms with van der Waals surface area (Å²) in [5.41, 5.74) is 22.0. The van der Waals surface area contributed by atoms with E-state index in [1.165, 1.54) is 92.9 Å². The zero-order valence-electron chi connectivity index (χ0n) is 56.6. The molecule has 95 heavy (non-hydrogen) atoms. The summed E-state index contributed by atoms with van der Waals surface area (Å²) in [6, 6.07) is 95.6. The lowest BCUT2D eigenvalue weighted by Gasteiger charge is -2.44. The van der Waals surface area contributed by atoms with Crippen LogP contribution in [0.5, 0.6) is 0 Å². The maximum absolute atomic E-state index is 5.80. The average Bonchev–Trinajstić information content (AvgIpc) is 0.689. The van der Waals surface area contributed by atoms with Crippen molar-refractivity contribution in [2.45, 2.75) is 105 Å². The fourth-order valence-electron chi connectivity index (χ4n) is 14.6. The van der Waals surface area contributed by atoms with E-state index in [4.69, 9.17) is 15.0 Å². The summed E-state index contributed by atoms with van der Waals surface area (Å²) in [6.45, 7) is 27.4. The van der Waals surface area contributed by atoms with E-state index in [0.717, 1.165) is 61.9 Å². The molecule has 5 nitrogen and oxygen atoms in total. The van der Waals surface area contributed by atoms with Gasteiger partial charge in [-0.2, -0.15) is 0 Å². The summed E-state index contributed by atoms with van der Waals surface area (Å²) in [5, 5.41) is 9.74. The van der Waals surface area contributed by atoms with Gasteiger partial charge in [-0.05, 0) is 198 Å². The van der Waals surface area contributed by atoms with Crippen LogP contribution in [-0.4, -0.2) is 21.7 Å². The van der Waals surface area contributed by atoms with Gasteiger partial charge < -0.3 is 9.80 Å². The van der Waals surface area contributed by atoms with Crippen LogP contribution in [0.15, 0.2) is 255 Å². The van der Waals surface area contributed by atoms with Crippen LogP contribution >= 0.6 is 0 Å². The first-order valence-electron chi connectivity index (χ1n) is 33.7. The van der Waals surface area contributed by atoms with E-state index in [-0.39, 0.29) is 28.4 Å². The zero-order chi connectivity index (χ0) is 65.4. The van der Waals surface area contributed by atoms with Crippen molar-refractivity contribution < 1.29 is 0 Å². The van der Waals surface area contributed by atoms with Crippen LogP contribution in [0.2, 0.25) is 0 Å². The average molecular weight is 1230 g/mol. The molecule has 0 saturated carbocycles. The molecule has 3 heterocycles. The van der Waals surface area contributed by atoms with Crippen molar-refractivity contribution in [1.82, 2.24) is 15.0 Å². The van der Waals surface area contributed by atoms with Crippen molar-refractivity contribution in [3.8, 4) is 56.4 Å². The van der Waals surface area contributed by atoms with Crippen molar-refractivity contribution in [3.05, 3.63) is 277 Å². The van der Waals surface area contributed by atoms with Crippen molar-refractivity contribution in [2.75, 3.05) is 9.80 Å². The molecule has 462 valence electrons. The highest BCUT2D eigenvalue weighted by Crippen LogP contribution is 2.49. The van der Waals surface area contributed by atoms with Gasteiger partial charge in [-0.25, -0.2) is 15.0 Å². The van der Waals surface area contributed by atoms with Crippen LogP contribution in [0, 0.1) is 0 Å². The van der Waals surface area contributed by atoms with E-state index in [1.807, 2.05) is 0 Å². The molecule has 0 radical (unpaired) electrons. The number of benzene rings is 13. The fraction of sp³-hybridized carbons (Fsp3) is 0.180. The van der Waals surface area contributed by atoms with E-state index in [1.54, 1.807) is 0 Å². The van der Waals surface area contributed by atoms with Gasteiger partial charge in [0.2, 0.25) is 0 Å². The number of hydrogen-bond acceptors (Lipinski definition) is 5. The van der Waals surface area contributed by atoms with Crippen LogP contribution in [0.4, 0.5) is 34.1 Å². The Balaban J connectivity index is 1.04. The summed E-state index contributed by atoms with van der Waals surface area (Å²) < 4.78 is 0. The first kappa shape index (κ1) is 59.6. The monoisotopic (exact) mass is 1230 g/mol. The predicted octanol–water partition coefficient (Wildman–Crippen LogP) is 22.1. The Labute approximate surface area is 560 Å². The molecular formula is C89H78BN5. The largest absolute Gasteiger partial charge is 0.311 e. The number of rotatable bonds is 7. The summed E-state index contributed by atoms with van der Waals surface area (Å²) in [6.07, 6.45) is 0. The highest BCUT2D eigenvalue weighted by atomic mass is 15.2. The summed E-state index contributed by atoms with van der Waals surface area (Å²) >= 11 is 0. The molecule has 14 aromatic rings. The molecule has 0 N–H and O–H groups in total. The lowest BCUT2D eigenvalue weighted by molar-refractivity contribution is 0.568. The number of nitrogens with zero attached hydrogens (tertiary/aromatic N) is 5. The summed E-state index contributed by atoms with van der Waals surface area (Å²) in [4.78, 5) is 22.4. The maximum atomic E-state index is 5.80. The Bertz CT molecular complexity index is 5000. The smallest absolute Gasteiger partial charge is 0.252 e. The fourth-order valence-corrected chi connectivity index (χ4v) is 14.6. The topological polar surface area (TPSA) is 45.2 Å². The Morgan fingerprint density at radius 3 is 0.926 bits per heavy atom. The molecule has 1 aromatic heterocycles. The molecule has 0 aliphatic carbocycles. The first-order valence-corrected chi connectivity index (χ1v) is 33.7. The van der Waals surface area contributed by atoms with E-state index in [0.29, 0.717) is 17.5 Å². The highest BCUT2D eigenvalue weighted by molar-refractivity contribution is 7.00. The predicted molar refractivity (Wildman–Crippen MR) is 406 cm³/mol. The van der Waals surface area contributed by atoms with Gasteiger partial charge in [-0.15, -0.1) is 0 Å². The van der Waals surface area contributed by atoms with Gasteiger partial charge in [-0.3, -0.25) is 0 Å². The Morgan fingerprint density at radius 1 is 0.253 bits per heavy atom. The third kappa shape index (κ3) is 10.6. The van der Waals surface area contributed by atoms with Crippen LogP contribution in [-0.2, 0) is 21.7 Å². The first-order chi connectivity index (χ1) is 45.6. The maximum Gasteiger partial charge on any atom is 0.252 e. The van der Waals surface area contributed by atoms with Gasteiger partial charge in [0, 0.05) is 50.8 Å². The second-order valence-electron chi connectivity index (χ2n) is 30.6. The second kappa shape index (κ2) is 22.1. The van der Waals surface area contributed by atoms with Gasteiger partial charge in [0.1, 0.15) is 0 Å². The van der Waals surface area contributed by atoms with Crippen LogP contribution in [0.1, 0.15) is 105 Å². The SMILES string of the molecule is CC(C)(C)c1cc(-c2nc(-c3cc(C(C)(C)C)cc(C(C)(C)C)c3)nc(-c3cc4c5c(c3)N(c3ccc(-c6ccccc6)cc3)c3cc6ccc7ccccc7c6cc3B5c3cc5c(ccc6ccccc65)cc3N4c3ccc(-c4ccccc4)cc3)n2)cc(C(C)(C)C)c1. The molecule has 0 spiro atoms. The normalized spacial score (nSPS) is 13.2. The van der Waals surface area contributed by atoms with Crippen molar-refractivity contribution in [3.63, 3.8) is 0 Å². The van der Waals surface area contributed by atoms with Crippen LogP contribution in [0.3, 0.4) is 0 Å². The van der Waals surface area contributed by atoms with Crippen molar-refractivity contribution >= 4 is 100 Å². The number of aromatic nitrogens is 3. The molecule has 0 saturated heterocycles. The minimum absolute atomic E-state index is 0.149. The molecule has 2 aliphatic rings. The second-order valence-corrected chi connectivity index (χ2v) is 30.6. The molecule has 0 atom stereocenters. The van der Waals surface area contributed by atoms with Crippen molar-refractivity contribution in [2.24, 2.45) is 0 Å². The van der Waals surface area contributed by atoms with Crippen LogP contribution < -0.4 is 26.2 Å². The Kier molecular flexibility index (Phi) is 13.9. The third-order valence-electron chi connectivity index (χ3n) is 20.0. The van der Waals surface area contributed by atoms with Crippen LogP contribution in [0.25, 0.3) is 99.5 Å².